The number of para-hydroxylation sites is 1. The van der Waals surface area contributed by atoms with Crippen molar-refractivity contribution in [3.05, 3.63) is 84.6 Å². The van der Waals surface area contributed by atoms with E-state index in [1.807, 2.05) is 30.3 Å². The van der Waals surface area contributed by atoms with Crippen LogP contribution < -0.4 is 10.6 Å². The zero-order valence-electron chi connectivity index (χ0n) is 16.5. The molecule has 0 fully saturated rings. The van der Waals surface area contributed by atoms with Crippen molar-refractivity contribution in [2.45, 2.75) is 0 Å². The minimum absolute atomic E-state index is 0.190. The Morgan fingerprint density at radius 1 is 0.844 bits per heavy atom. The first-order valence-corrected chi connectivity index (χ1v) is 9.65. The molecule has 4 N–H and O–H groups in total. The second-order valence-electron chi connectivity index (χ2n) is 6.79. The highest BCUT2D eigenvalue weighted by molar-refractivity contribution is 6.11. The molecule has 10 heteroatoms. The first-order chi connectivity index (χ1) is 15.7. The number of carbonyl (C=O) groups is 2. The first kappa shape index (κ1) is 19.1. The number of aromatic nitrogens is 6. The zero-order valence-corrected chi connectivity index (χ0v) is 16.5. The van der Waals surface area contributed by atoms with Crippen molar-refractivity contribution >= 4 is 34.7 Å². The Morgan fingerprint density at radius 2 is 1.69 bits per heavy atom. The van der Waals surface area contributed by atoms with E-state index in [1.165, 1.54) is 12.5 Å². The van der Waals surface area contributed by atoms with Crippen molar-refractivity contribution in [2.24, 2.45) is 0 Å². The van der Waals surface area contributed by atoms with E-state index in [1.54, 1.807) is 30.5 Å². The van der Waals surface area contributed by atoms with Gasteiger partial charge in [-0.25, -0.2) is 19.9 Å². The van der Waals surface area contributed by atoms with Crippen LogP contribution in [0.2, 0.25) is 0 Å². The molecule has 0 bridgehead atoms. The molecule has 2 amide bonds. The van der Waals surface area contributed by atoms with Crippen molar-refractivity contribution in [2.75, 3.05) is 10.6 Å². The lowest BCUT2D eigenvalue weighted by Gasteiger charge is -2.04. The summed E-state index contributed by atoms with van der Waals surface area (Å²) in [5.41, 5.74) is 3.05. The number of anilines is 2. The molecule has 0 saturated carbocycles. The number of benzene rings is 2. The smallest absolute Gasteiger partial charge is 0.276 e. The lowest BCUT2D eigenvalue weighted by atomic mass is 10.1. The fourth-order valence-electron chi connectivity index (χ4n) is 3.20. The number of aromatic amines is 2. The van der Waals surface area contributed by atoms with Crippen molar-refractivity contribution < 1.29 is 9.59 Å². The van der Waals surface area contributed by atoms with E-state index in [4.69, 9.17) is 0 Å². The molecule has 2 aromatic carbocycles. The van der Waals surface area contributed by atoms with Gasteiger partial charge in [0.25, 0.3) is 11.8 Å². The SMILES string of the molecule is O=C(Nc1nc2c(C(=O)Nc3ncc[nH]3)cccc2[nH]1)c1cc(-c2ccccc2)ncn1. The molecule has 156 valence electrons. The number of hydrogen-bond acceptors (Lipinski definition) is 6. The Hall–Kier alpha value is -4.86. The first-order valence-electron chi connectivity index (χ1n) is 9.65. The highest BCUT2D eigenvalue weighted by atomic mass is 16.2. The van der Waals surface area contributed by atoms with Gasteiger partial charge < -0.3 is 9.97 Å². The highest BCUT2D eigenvalue weighted by Crippen LogP contribution is 2.21. The standard InChI is InChI=1S/C22H16N8O2/c31-19(29-21-23-9-10-24-21)14-7-4-8-15-18(14)28-22(27-15)30-20(32)17-11-16(25-12-26-17)13-5-2-1-3-6-13/h1-12H,(H2,23,24,29,31)(H2,27,28,30,32). The summed E-state index contributed by atoms with van der Waals surface area (Å²) in [6.07, 6.45) is 4.48. The molecule has 32 heavy (non-hydrogen) atoms. The summed E-state index contributed by atoms with van der Waals surface area (Å²) in [5, 5.41) is 5.36. The summed E-state index contributed by atoms with van der Waals surface area (Å²) in [4.78, 5) is 47.9. The van der Waals surface area contributed by atoms with E-state index < -0.39 is 5.91 Å². The normalized spacial score (nSPS) is 10.8. The average Bonchev–Trinajstić information content (AvgIpc) is 3.48. The molecule has 0 unspecified atom stereocenters. The highest BCUT2D eigenvalue weighted by Gasteiger charge is 2.17. The fraction of sp³-hybridized carbons (Fsp3) is 0. The molecule has 0 saturated heterocycles. The van der Waals surface area contributed by atoms with Gasteiger partial charge in [-0.3, -0.25) is 20.2 Å². The van der Waals surface area contributed by atoms with Crippen molar-refractivity contribution in [3.63, 3.8) is 0 Å². The van der Waals surface area contributed by atoms with Crippen LogP contribution in [0.4, 0.5) is 11.9 Å². The second kappa shape index (κ2) is 8.11. The number of H-pyrrole nitrogens is 2. The van der Waals surface area contributed by atoms with E-state index in [-0.39, 0.29) is 17.5 Å². The van der Waals surface area contributed by atoms with Gasteiger partial charge in [0.15, 0.2) is 0 Å². The number of amides is 2. The molecule has 3 heterocycles. The number of nitrogens with one attached hydrogen (secondary N) is 4. The summed E-state index contributed by atoms with van der Waals surface area (Å²) in [5.74, 6) is -0.305. The number of fused-ring (bicyclic) bond motifs is 1. The molecule has 3 aromatic heterocycles. The molecule has 0 aliphatic carbocycles. The molecule has 0 radical (unpaired) electrons. The van der Waals surface area contributed by atoms with E-state index in [0.717, 1.165) is 5.56 Å². The third-order valence-corrected chi connectivity index (χ3v) is 4.69. The van der Waals surface area contributed by atoms with Crippen LogP contribution >= 0.6 is 0 Å². The van der Waals surface area contributed by atoms with Crippen molar-refractivity contribution in [1.82, 2.24) is 29.9 Å². The molecule has 0 aliphatic heterocycles. The lowest BCUT2D eigenvalue weighted by Crippen LogP contribution is -2.15. The fourth-order valence-corrected chi connectivity index (χ4v) is 3.20. The van der Waals surface area contributed by atoms with Crippen molar-refractivity contribution in [3.8, 4) is 11.3 Å². The summed E-state index contributed by atoms with van der Waals surface area (Å²) in [6, 6.07) is 16.2. The molecular formula is C22H16N8O2. The summed E-state index contributed by atoms with van der Waals surface area (Å²) >= 11 is 0. The minimum atomic E-state index is -0.453. The summed E-state index contributed by atoms with van der Waals surface area (Å²) in [6.45, 7) is 0. The Morgan fingerprint density at radius 3 is 2.50 bits per heavy atom. The second-order valence-corrected chi connectivity index (χ2v) is 6.79. The number of rotatable bonds is 5. The van der Waals surface area contributed by atoms with Crippen molar-refractivity contribution in [1.29, 1.82) is 0 Å². The van der Waals surface area contributed by atoms with Crippen LogP contribution in [0, 0.1) is 0 Å². The van der Waals surface area contributed by atoms with E-state index in [0.29, 0.717) is 28.2 Å². The van der Waals surface area contributed by atoms with Crippen LogP contribution in [0.1, 0.15) is 20.8 Å². The van der Waals surface area contributed by atoms with Gasteiger partial charge in [-0.15, -0.1) is 0 Å². The van der Waals surface area contributed by atoms with Gasteiger partial charge in [0.2, 0.25) is 11.9 Å². The van der Waals surface area contributed by atoms with Crippen LogP contribution in [0.3, 0.4) is 0 Å². The number of imidazole rings is 2. The molecular weight excluding hydrogens is 408 g/mol. The Kier molecular flexibility index (Phi) is 4.85. The largest absolute Gasteiger partial charge is 0.331 e. The number of hydrogen-bond donors (Lipinski definition) is 4. The Bertz CT molecular complexity index is 1410. The molecule has 0 aliphatic rings. The summed E-state index contributed by atoms with van der Waals surface area (Å²) < 4.78 is 0. The maximum absolute atomic E-state index is 12.8. The Balaban J connectivity index is 1.39. The third-order valence-electron chi connectivity index (χ3n) is 4.69. The predicted octanol–water partition coefficient (Wildman–Crippen LogP) is 3.25. The minimum Gasteiger partial charge on any atom is -0.331 e. The molecule has 10 nitrogen and oxygen atoms in total. The van der Waals surface area contributed by atoms with Gasteiger partial charge in [0.1, 0.15) is 17.5 Å². The van der Waals surface area contributed by atoms with Gasteiger partial charge in [-0.05, 0) is 18.2 Å². The maximum Gasteiger partial charge on any atom is 0.276 e. The molecule has 0 spiro atoms. The monoisotopic (exact) mass is 424 g/mol. The van der Waals surface area contributed by atoms with Crippen LogP contribution in [-0.4, -0.2) is 41.7 Å². The van der Waals surface area contributed by atoms with Crippen LogP contribution in [-0.2, 0) is 0 Å². The average molecular weight is 424 g/mol. The maximum atomic E-state index is 12.8. The Labute approximate surface area is 181 Å². The van der Waals surface area contributed by atoms with Gasteiger partial charge in [-0.1, -0.05) is 36.4 Å². The van der Waals surface area contributed by atoms with Gasteiger partial charge >= 0.3 is 0 Å². The van der Waals surface area contributed by atoms with Crippen LogP contribution in [0.5, 0.6) is 0 Å². The van der Waals surface area contributed by atoms with Crippen LogP contribution in [0.25, 0.3) is 22.3 Å². The van der Waals surface area contributed by atoms with Gasteiger partial charge in [0.05, 0.1) is 16.8 Å². The predicted molar refractivity (Wildman–Crippen MR) is 118 cm³/mol. The molecule has 5 aromatic rings. The summed E-state index contributed by atoms with van der Waals surface area (Å²) in [7, 11) is 0. The van der Waals surface area contributed by atoms with Crippen LogP contribution in [0.15, 0.2) is 73.3 Å². The topological polar surface area (TPSA) is 141 Å². The van der Waals surface area contributed by atoms with Gasteiger partial charge in [0, 0.05) is 18.0 Å². The zero-order chi connectivity index (χ0) is 21.9. The number of nitrogens with zero attached hydrogens (tertiary/aromatic N) is 4. The molecule has 5 rings (SSSR count). The van der Waals surface area contributed by atoms with E-state index in [2.05, 4.69) is 40.5 Å². The third kappa shape index (κ3) is 3.79. The number of carbonyl (C=O) groups excluding carboxylic acids is 2. The molecule has 0 atom stereocenters. The van der Waals surface area contributed by atoms with E-state index >= 15 is 0 Å². The lowest BCUT2D eigenvalue weighted by molar-refractivity contribution is 0.101. The quantitative estimate of drug-likeness (QED) is 0.341. The van der Waals surface area contributed by atoms with E-state index in [9.17, 15) is 9.59 Å². The van der Waals surface area contributed by atoms with Gasteiger partial charge in [-0.2, -0.15) is 0 Å².